The first-order valence-corrected chi connectivity index (χ1v) is 8.19. The zero-order valence-corrected chi connectivity index (χ0v) is 14.0. The highest BCUT2D eigenvalue weighted by Gasteiger charge is 2.13. The normalized spacial score (nSPS) is 10.5. The largest absolute Gasteiger partial charge is 0.497 e. The van der Waals surface area contributed by atoms with Crippen LogP contribution in [0.15, 0.2) is 73.6 Å². The number of hydrogen-bond acceptors (Lipinski definition) is 2. The number of aryl methyl sites for hydroxylation is 1. The highest BCUT2D eigenvalue weighted by Crippen LogP contribution is 2.34. The van der Waals surface area contributed by atoms with Gasteiger partial charge < -0.3 is 9.30 Å². The van der Waals surface area contributed by atoms with E-state index in [1.54, 1.807) is 7.11 Å². The van der Waals surface area contributed by atoms with Crippen molar-refractivity contribution in [2.45, 2.75) is 19.4 Å². The predicted molar refractivity (Wildman–Crippen MR) is 99.1 cm³/mol. The third-order valence-electron chi connectivity index (χ3n) is 4.08. The Balaban J connectivity index is 2.06. The lowest BCUT2D eigenvalue weighted by Gasteiger charge is -2.13. The van der Waals surface area contributed by atoms with E-state index in [0.717, 1.165) is 42.1 Å². The molecule has 0 amide bonds. The average Bonchev–Trinajstić information content (AvgIpc) is 3.10. The predicted octanol–water partition coefficient (Wildman–Crippen LogP) is 5.19. The molecule has 0 fully saturated rings. The third-order valence-corrected chi connectivity index (χ3v) is 4.08. The maximum absolute atomic E-state index is 5.43. The Kier molecular flexibility index (Phi) is 5.12. The fourth-order valence-electron chi connectivity index (χ4n) is 2.84. The second kappa shape index (κ2) is 7.64. The first kappa shape index (κ1) is 16.1. The van der Waals surface area contributed by atoms with Gasteiger partial charge in [0.1, 0.15) is 11.6 Å². The zero-order chi connectivity index (χ0) is 16.8. The summed E-state index contributed by atoms with van der Waals surface area (Å²) in [6, 6.07) is 16.5. The number of aromatic nitrogens is 2. The number of hydrogen-bond donors (Lipinski definition) is 0. The Labute approximate surface area is 143 Å². The lowest BCUT2D eigenvalue weighted by atomic mass is 9.98. The molecule has 3 nitrogen and oxygen atoms in total. The summed E-state index contributed by atoms with van der Waals surface area (Å²) in [6.07, 6.45) is 7.90. The average molecular weight is 318 g/mol. The van der Waals surface area contributed by atoms with E-state index >= 15 is 0 Å². The van der Waals surface area contributed by atoms with Gasteiger partial charge in [-0.1, -0.05) is 36.4 Å². The smallest absolute Gasteiger partial charge is 0.140 e. The van der Waals surface area contributed by atoms with Crippen molar-refractivity contribution in [3.63, 3.8) is 0 Å². The molecule has 24 heavy (non-hydrogen) atoms. The number of methoxy groups -OCH3 is 1. The summed E-state index contributed by atoms with van der Waals surface area (Å²) in [7, 11) is 1.69. The Morgan fingerprint density at radius 2 is 1.96 bits per heavy atom. The molecule has 3 rings (SSSR count). The highest BCUT2D eigenvalue weighted by molar-refractivity contribution is 5.81. The summed E-state index contributed by atoms with van der Waals surface area (Å²) >= 11 is 0. The van der Waals surface area contributed by atoms with Crippen LogP contribution >= 0.6 is 0 Å². The number of rotatable bonds is 7. The summed E-state index contributed by atoms with van der Waals surface area (Å²) in [5, 5.41) is 0. The molecule has 0 unspecified atom stereocenters. The van der Waals surface area contributed by atoms with E-state index in [0.29, 0.717) is 0 Å². The maximum atomic E-state index is 5.43. The Hall–Kier alpha value is -2.81. The SMILES string of the molecule is C=CCCCn1ccnc1-c1cc(OC)ccc1-c1ccccc1. The first-order valence-electron chi connectivity index (χ1n) is 8.19. The molecule has 0 spiro atoms. The standard InChI is InChI=1S/C21H22N2O/c1-3-4-8-14-23-15-13-22-21(23)20-16-18(24-2)11-12-19(20)17-9-6-5-7-10-17/h3,5-7,9-13,15-16H,1,4,8,14H2,2H3. The van der Waals surface area contributed by atoms with Crippen molar-refractivity contribution in [1.82, 2.24) is 9.55 Å². The molecule has 1 aromatic heterocycles. The molecule has 1 heterocycles. The van der Waals surface area contributed by atoms with E-state index in [2.05, 4.69) is 52.5 Å². The van der Waals surface area contributed by atoms with Crippen LogP contribution in [0.4, 0.5) is 0 Å². The number of unbranched alkanes of at least 4 members (excludes halogenated alkanes) is 1. The Bertz CT molecular complexity index is 806. The van der Waals surface area contributed by atoms with E-state index in [1.165, 1.54) is 5.56 Å². The summed E-state index contributed by atoms with van der Waals surface area (Å²) in [4.78, 5) is 4.61. The van der Waals surface area contributed by atoms with Crippen LogP contribution in [0.3, 0.4) is 0 Å². The minimum absolute atomic E-state index is 0.838. The number of nitrogens with zero attached hydrogens (tertiary/aromatic N) is 2. The number of allylic oxidation sites excluding steroid dienone is 1. The van der Waals surface area contributed by atoms with E-state index < -0.39 is 0 Å². The topological polar surface area (TPSA) is 27.1 Å². The molecular weight excluding hydrogens is 296 g/mol. The van der Waals surface area contributed by atoms with Crippen molar-refractivity contribution in [3.05, 3.63) is 73.6 Å². The van der Waals surface area contributed by atoms with Crippen LogP contribution in [0, 0.1) is 0 Å². The van der Waals surface area contributed by atoms with Gasteiger partial charge in [-0.05, 0) is 42.2 Å². The molecule has 0 N–H and O–H groups in total. The molecule has 3 aromatic rings. The Morgan fingerprint density at radius 3 is 2.71 bits per heavy atom. The number of ether oxygens (including phenoxy) is 1. The lowest BCUT2D eigenvalue weighted by molar-refractivity contribution is 0.415. The molecule has 0 bridgehead atoms. The van der Waals surface area contributed by atoms with Crippen LogP contribution in [0.25, 0.3) is 22.5 Å². The fourth-order valence-corrected chi connectivity index (χ4v) is 2.84. The molecule has 0 radical (unpaired) electrons. The van der Waals surface area contributed by atoms with Crippen LogP contribution in [0.1, 0.15) is 12.8 Å². The molecule has 0 saturated carbocycles. The van der Waals surface area contributed by atoms with Gasteiger partial charge in [0.25, 0.3) is 0 Å². The van der Waals surface area contributed by atoms with Crippen molar-refractivity contribution in [3.8, 4) is 28.3 Å². The van der Waals surface area contributed by atoms with E-state index in [-0.39, 0.29) is 0 Å². The van der Waals surface area contributed by atoms with E-state index in [9.17, 15) is 0 Å². The summed E-state index contributed by atoms with van der Waals surface area (Å²) in [6.45, 7) is 4.72. The molecule has 0 aliphatic heterocycles. The molecule has 0 saturated heterocycles. The van der Waals surface area contributed by atoms with Crippen LogP contribution in [-0.2, 0) is 6.54 Å². The van der Waals surface area contributed by atoms with Crippen molar-refractivity contribution in [2.75, 3.05) is 7.11 Å². The second-order valence-electron chi connectivity index (χ2n) is 5.65. The minimum Gasteiger partial charge on any atom is -0.497 e. The van der Waals surface area contributed by atoms with Crippen molar-refractivity contribution in [1.29, 1.82) is 0 Å². The van der Waals surface area contributed by atoms with Gasteiger partial charge in [-0.3, -0.25) is 0 Å². The maximum Gasteiger partial charge on any atom is 0.140 e. The summed E-state index contributed by atoms with van der Waals surface area (Å²) in [5.74, 6) is 1.81. The van der Waals surface area contributed by atoms with Gasteiger partial charge in [-0.2, -0.15) is 0 Å². The summed E-state index contributed by atoms with van der Waals surface area (Å²) < 4.78 is 7.63. The molecule has 122 valence electrons. The third kappa shape index (κ3) is 3.40. The molecule has 0 atom stereocenters. The zero-order valence-electron chi connectivity index (χ0n) is 14.0. The molecular formula is C21H22N2O. The van der Waals surface area contributed by atoms with Gasteiger partial charge in [0.15, 0.2) is 0 Å². The van der Waals surface area contributed by atoms with Crippen molar-refractivity contribution < 1.29 is 4.74 Å². The van der Waals surface area contributed by atoms with Gasteiger partial charge in [0.2, 0.25) is 0 Å². The van der Waals surface area contributed by atoms with Gasteiger partial charge >= 0.3 is 0 Å². The van der Waals surface area contributed by atoms with E-state index in [4.69, 9.17) is 4.74 Å². The van der Waals surface area contributed by atoms with Crippen molar-refractivity contribution in [2.24, 2.45) is 0 Å². The first-order chi connectivity index (χ1) is 11.8. The molecule has 2 aromatic carbocycles. The van der Waals surface area contributed by atoms with Crippen molar-refractivity contribution >= 4 is 0 Å². The highest BCUT2D eigenvalue weighted by atomic mass is 16.5. The lowest BCUT2D eigenvalue weighted by Crippen LogP contribution is -2.01. The fraction of sp³-hybridized carbons (Fsp3) is 0.190. The second-order valence-corrected chi connectivity index (χ2v) is 5.65. The molecule has 0 aliphatic carbocycles. The van der Waals surface area contributed by atoms with Crippen LogP contribution in [0.5, 0.6) is 5.75 Å². The van der Waals surface area contributed by atoms with Crippen LogP contribution < -0.4 is 4.74 Å². The van der Waals surface area contributed by atoms with Gasteiger partial charge in [-0.25, -0.2) is 4.98 Å². The van der Waals surface area contributed by atoms with E-state index in [1.807, 2.05) is 30.6 Å². The summed E-state index contributed by atoms with van der Waals surface area (Å²) in [5.41, 5.74) is 3.42. The van der Waals surface area contributed by atoms with Crippen LogP contribution in [-0.4, -0.2) is 16.7 Å². The number of benzene rings is 2. The van der Waals surface area contributed by atoms with Crippen LogP contribution in [0.2, 0.25) is 0 Å². The van der Waals surface area contributed by atoms with Gasteiger partial charge in [0, 0.05) is 24.5 Å². The molecule has 0 aliphatic rings. The molecule has 3 heteroatoms. The monoisotopic (exact) mass is 318 g/mol. The minimum atomic E-state index is 0.838. The number of imidazole rings is 1. The van der Waals surface area contributed by atoms with Gasteiger partial charge in [-0.15, -0.1) is 6.58 Å². The van der Waals surface area contributed by atoms with Gasteiger partial charge in [0.05, 0.1) is 7.11 Å². The Morgan fingerprint density at radius 1 is 1.12 bits per heavy atom. The quantitative estimate of drug-likeness (QED) is 0.442.